The average molecular weight is 225 g/mol. The molecule has 0 amide bonds. The summed E-state index contributed by atoms with van der Waals surface area (Å²) in [5, 5.41) is 0. The SMILES string of the molecule is C.C.[CH2-]C.[CH2-]OCOC.[Y]. The van der Waals surface area contributed by atoms with Crippen molar-refractivity contribution < 1.29 is 42.2 Å². The molecule has 0 saturated carbocycles. The van der Waals surface area contributed by atoms with Crippen molar-refractivity contribution in [1.29, 1.82) is 0 Å². The van der Waals surface area contributed by atoms with Crippen molar-refractivity contribution in [2.24, 2.45) is 0 Å². The first-order chi connectivity index (χ1) is 3.41. The Labute approximate surface area is 91.6 Å². The molecule has 2 nitrogen and oxygen atoms in total. The van der Waals surface area contributed by atoms with E-state index in [9.17, 15) is 0 Å². The Morgan fingerprint density at radius 3 is 1.50 bits per heavy atom. The summed E-state index contributed by atoms with van der Waals surface area (Å²) in [4.78, 5) is 0. The van der Waals surface area contributed by atoms with Crippen LogP contribution in [-0.4, -0.2) is 13.9 Å². The predicted octanol–water partition coefficient (Wildman–Crippen LogP) is 2.51. The van der Waals surface area contributed by atoms with Crippen molar-refractivity contribution in [2.75, 3.05) is 13.9 Å². The Kier molecular flexibility index (Phi) is 154. The van der Waals surface area contributed by atoms with E-state index >= 15 is 0 Å². The van der Waals surface area contributed by atoms with E-state index < -0.39 is 0 Å². The molecule has 0 aliphatic heterocycles. The molecule has 3 heteroatoms. The van der Waals surface area contributed by atoms with Gasteiger partial charge in [-0.15, -0.1) is 0 Å². The molecular formula is C7H20O2Y-2. The summed E-state index contributed by atoms with van der Waals surface area (Å²) in [6.07, 6.45) is 0. The minimum Gasteiger partial charge on any atom is -0.535 e. The molecule has 0 fully saturated rings. The van der Waals surface area contributed by atoms with Gasteiger partial charge in [-0.2, -0.15) is 6.92 Å². The van der Waals surface area contributed by atoms with E-state index in [0.717, 1.165) is 0 Å². The summed E-state index contributed by atoms with van der Waals surface area (Å²) in [7, 11) is 4.60. The molecule has 10 heavy (non-hydrogen) atoms. The maximum absolute atomic E-state index is 4.41. The van der Waals surface area contributed by atoms with Crippen molar-refractivity contribution in [3.8, 4) is 0 Å². The second-order valence-corrected chi connectivity index (χ2v) is 0.611. The molecule has 0 aliphatic carbocycles. The van der Waals surface area contributed by atoms with Gasteiger partial charge in [0.15, 0.2) is 0 Å². The molecule has 0 aromatic heterocycles. The van der Waals surface area contributed by atoms with E-state index in [1.54, 1.807) is 14.0 Å². The van der Waals surface area contributed by atoms with Gasteiger partial charge >= 0.3 is 0 Å². The van der Waals surface area contributed by atoms with Crippen LogP contribution in [0.1, 0.15) is 21.8 Å². The van der Waals surface area contributed by atoms with E-state index in [1.807, 2.05) is 0 Å². The minimum absolute atomic E-state index is 0. The van der Waals surface area contributed by atoms with Crippen LogP contribution in [-0.2, 0) is 42.2 Å². The van der Waals surface area contributed by atoms with Gasteiger partial charge in [-0.05, 0) is 0 Å². The Hall–Kier alpha value is 1.02. The second kappa shape index (κ2) is 50.4. The molecule has 1 radical (unpaired) electrons. The van der Waals surface area contributed by atoms with Crippen LogP contribution in [0, 0.1) is 14.0 Å². The second-order valence-electron chi connectivity index (χ2n) is 0.611. The number of rotatable bonds is 2. The van der Waals surface area contributed by atoms with E-state index in [-0.39, 0.29) is 54.4 Å². The van der Waals surface area contributed by atoms with E-state index in [0.29, 0.717) is 0 Å². The van der Waals surface area contributed by atoms with E-state index in [4.69, 9.17) is 0 Å². The molecule has 0 bridgehead atoms. The maximum Gasteiger partial charge on any atom is 0.116 e. The smallest absolute Gasteiger partial charge is 0.116 e. The summed E-state index contributed by atoms with van der Waals surface area (Å²) in [6, 6.07) is 0. The van der Waals surface area contributed by atoms with Crippen LogP contribution in [0.4, 0.5) is 0 Å². The van der Waals surface area contributed by atoms with Crippen LogP contribution in [0.15, 0.2) is 0 Å². The third-order valence-corrected chi connectivity index (χ3v) is 0.201. The number of ether oxygens (including phenoxy) is 2. The van der Waals surface area contributed by atoms with Crippen LogP contribution < -0.4 is 0 Å². The predicted molar refractivity (Wildman–Crippen MR) is 42.8 cm³/mol. The van der Waals surface area contributed by atoms with Gasteiger partial charge in [0.05, 0.1) is 0 Å². The monoisotopic (exact) mass is 225 g/mol. The molecule has 0 heterocycles. The molecule has 0 unspecified atom stereocenters. The first-order valence-electron chi connectivity index (χ1n) is 1.98. The average Bonchev–Trinajstić information content (AvgIpc) is 1.75. The third-order valence-electron chi connectivity index (χ3n) is 0.201. The van der Waals surface area contributed by atoms with Crippen LogP contribution in [0.5, 0.6) is 0 Å². The summed E-state index contributed by atoms with van der Waals surface area (Å²) in [6.45, 7) is 5.28. The number of hydrogen-bond donors (Lipinski definition) is 0. The fourth-order valence-corrected chi connectivity index (χ4v) is 0.0833. The fraction of sp³-hybridized carbons (Fsp3) is 0.714. The molecule has 0 atom stereocenters. The summed E-state index contributed by atoms with van der Waals surface area (Å²) in [5.41, 5.74) is 0. The van der Waals surface area contributed by atoms with Crippen molar-refractivity contribution in [1.82, 2.24) is 0 Å². The Morgan fingerprint density at radius 2 is 1.50 bits per heavy atom. The zero-order chi connectivity index (χ0) is 6.12. The standard InChI is InChI=1S/C3H7O2.C2H5.2CH4.Y/c1-4-3-5-2;1-2;;;/h1,3H2,2H3;1H2,2H3;2*1H4;/q2*-1;;;. The largest absolute Gasteiger partial charge is 0.535 e. The van der Waals surface area contributed by atoms with Gasteiger partial charge < -0.3 is 16.4 Å². The summed E-state index contributed by atoms with van der Waals surface area (Å²) < 4.78 is 8.62. The summed E-state index contributed by atoms with van der Waals surface area (Å²) >= 11 is 0. The van der Waals surface area contributed by atoms with Crippen LogP contribution >= 0.6 is 0 Å². The van der Waals surface area contributed by atoms with Gasteiger partial charge in [-0.3, -0.25) is 0 Å². The zero-order valence-corrected chi connectivity index (χ0v) is 8.35. The van der Waals surface area contributed by atoms with Gasteiger partial charge in [0.1, 0.15) is 6.79 Å². The van der Waals surface area contributed by atoms with Crippen molar-refractivity contribution in [3.63, 3.8) is 0 Å². The molecule has 65 valence electrons. The van der Waals surface area contributed by atoms with Gasteiger partial charge in [0.25, 0.3) is 0 Å². The number of methoxy groups -OCH3 is 1. The molecule has 0 aromatic carbocycles. The van der Waals surface area contributed by atoms with Crippen molar-refractivity contribution >= 4 is 0 Å². The molecular weight excluding hydrogens is 205 g/mol. The first kappa shape index (κ1) is 30.5. The molecule has 0 saturated heterocycles. The molecule has 0 N–H and O–H groups in total. The number of hydrogen-bond acceptors (Lipinski definition) is 2. The van der Waals surface area contributed by atoms with Crippen LogP contribution in [0.25, 0.3) is 0 Å². The molecule has 0 aliphatic rings. The molecule has 0 aromatic rings. The maximum atomic E-state index is 4.41. The van der Waals surface area contributed by atoms with Crippen molar-refractivity contribution in [2.45, 2.75) is 21.8 Å². The van der Waals surface area contributed by atoms with E-state index in [1.165, 1.54) is 0 Å². The van der Waals surface area contributed by atoms with Gasteiger partial charge in [-0.1, -0.05) is 14.9 Å². The van der Waals surface area contributed by atoms with Crippen molar-refractivity contribution in [3.05, 3.63) is 14.0 Å². The van der Waals surface area contributed by atoms with Crippen LogP contribution in [0.3, 0.4) is 0 Å². The Balaban J connectivity index is -0.0000000154. The zero-order valence-electron chi connectivity index (χ0n) is 5.52. The molecule has 0 spiro atoms. The first-order valence-corrected chi connectivity index (χ1v) is 1.98. The normalized spacial score (nSPS) is 4.80. The minimum atomic E-state index is 0. The third kappa shape index (κ3) is 63.5. The quantitative estimate of drug-likeness (QED) is 0.531. The van der Waals surface area contributed by atoms with Crippen LogP contribution in [0.2, 0.25) is 0 Å². The van der Waals surface area contributed by atoms with E-state index in [2.05, 4.69) is 23.5 Å². The fourth-order valence-electron chi connectivity index (χ4n) is 0.0833. The topological polar surface area (TPSA) is 18.5 Å². The van der Waals surface area contributed by atoms with Gasteiger partial charge in [0.2, 0.25) is 0 Å². The van der Waals surface area contributed by atoms with Gasteiger partial charge in [0, 0.05) is 39.8 Å². The molecule has 0 rings (SSSR count). The Morgan fingerprint density at radius 1 is 1.20 bits per heavy atom. The summed E-state index contributed by atoms with van der Waals surface area (Å²) in [5.74, 6) is 0. The van der Waals surface area contributed by atoms with Gasteiger partial charge in [-0.25, -0.2) is 7.11 Å². The Bertz CT molecular complexity index is 19.1.